The summed E-state index contributed by atoms with van der Waals surface area (Å²) in [7, 11) is 0. The summed E-state index contributed by atoms with van der Waals surface area (Å²) in [5.74, 6) is 2.04. The Bertz CT molecular complexity index is 481. The summed E-state index contributed by atoms with van der Waals surface area (Å²) in [4.78, 5) is 4.91. The number of nitrogens with zero attached hydrogens (tertiary/aromatic N) is 1. The van der Waals surface area contributed by atoms with Crippen molar-refractivity contribution in [3.8, 4) is 0 Å². The molecule has 1 fully saturated rings. The van der Waals surface area contributed by atoms with Gasteiger partial charge in [-0.05, 0) is 49.4 Å². The highest BCUT2D eigenvalue weighted by atomic mass is 79.9. The number of anilines is 1. The van der Waals surface area contributed by atoms with Gasteiger partial charge in [0.05, 0.1) is 6.04 Å². The molecule has 1 aliphatic carbocycles. The topological polar surface area (TPSA) is 24.4 Å². The molecule has 3 rings (SSSR count). The minimum Gasteiger partial charge on any atom is -0.335 e. The zero-order chi connectivity index (χ0) is 13.2. The van der Waals surface area contributed by atoms with Crippen molar-refractivity contribution in [2.75, 3.05) is 11.1 Å². The fourth-order valence-electron chi connectivity index (χ4n) is 2.93. The highest BCUT2D eigenvalue weighted by Gasteiger charge is 2.29. The van der Waals surface area contributed by atoms with Gasteiger partial charge in [0.25, 0.3) is 0 Å². The Kier molecular flexibility index (Phi) is 4.18. The van der Waals surface area contributed by atoms with Crippen molar-refractivity contribution in [1.82, 2.24) is 0 Å². The number of hydrogen-bond acceptors (Lipinski definition) is 3. The molecule has 4 heteroatoms. The molecule has 1 N–H and O–H groups in total. The van der Waals surface area contributed by atoms with Gasteiger partial charge in [-0.1, -0.05) is 40.5 Å². The van der Waals surface area contributed by atoms with E-state index in [4.69, 9.17) is 4.99 Å². The first kappa shape index (κ1) is 13.5. The molecule has 1 heterocycles. The van der Waals surface area contributed by atoms with E-state index in [2.05, 4.69) is 46.4 Å². The van der Waals surface area contributed by atoms with Crippen LogP contribution in [0.1, 0.15) is 31.2 Å². The molecule has 0 saturated heterocycles. The zero-order valence-electron chi connectivity index (χ0n) is 11.2. The van der Waals surface area contributed by atoms with E-state index in [1.165, 1.54) is 37.0 Å². The number of halogens is 1. The zero-order valence-corrected chi connectivity index (χ0v) is 13.6. The molecule has 1 aromatic rings. The first-order valence-electron chi connectivity index (χ1n) is 6.95. The number of aliphatic imine (C=N–C) groups is 1. The van der Waals surface area contributed by atoms with Crippen LogP contribution in [-0.2, 0) is 0 Å². The molecule has 102 valence electrons. The molecule has 1 aromatic carbocycles. The van der Waals surface area contributed by atoms with Crippen LogP contribution in [0.3, 0.4) is 0 Å². The minimum atomic E-state index is 0.561. The van der Waals surface area contributed by atoms with Crippen LogP contribution in [0, 0.1) is 12.8 Å². The van der Waals surface area contributed by atoms with Crippen LogP contribution in [0.2, 0.25) is 0 Å². The number of nitrogens with one attached hydrogen (secondary N) is 1. The molecule has 2 unspecified atom stereocenters. The molecular weight excluding hydrogens is 320 g/mol. The maximum atomic E-state index is 4.91. The Hall–Kier alpha value is -0.480. The predicted octanol–water partition coefficient (Wildman–Crippen LogP) is 4.83. The molecule has 2 nitrogen and oxygen atoms in total. The normalized spacial score (nSPS) is 26.5. The van der Waals surface area contributed by atoms with Gasteiger partial charge in [0, 0.05) is 15.9 Å². The Morgan fingerprint density at radius 1 is 1.26 bits per heavy atom. The Balaban J connectivity index is 1.74. The van der Waals surface area contributed by atoms with Gasteiger partial charge in [0.15, 0.2) is 5.17 Å². The lowest BCUT2D eigenvalue weighted by Crippen LogP contribution is -2.31. The van der Waals surface area contributed by atoms with E-state index in [9.17, 15) is 0 Å². The minimum absolute atomic E-state index is 0.561. The number of amidine groups is 1. The number of hydrogen-bond donors (Lipinski definition) is 1. The van der Waals surface area contributed by atoms with E-state index in [0.717, 1.165) is 21.2 Å². The molecular formula is C15H19BrN2S. The second kappa shape index (κ2) is 5.88. The SMILES string of the molecule is Cc1cc(Br)cc(NC2=NC3CCCCC3CS2)c1. The first-order valence-corrected chi connectivity index (χ1v) is 8.73. The van der Waals surface area contributed by atoms with Crippen LogP contribution in [-0.4, -0.2) is 17.0 Å². The van der Waals surface area contributed by atoms with E-state index >= 15 is 0 Å². The predicted molar refractivity (Wildman–Crippen MR) is 88.1 cm³/mol. The van der Waals surface area contributed by atoms with Crippen LogP contribution in [0.15, 0.2) is 27.7 Å². The lowest BCUT2D eigenvalue weighted by Gasteiger charge is -2.32. The van der Waals surface area contributed by atoms with Gasteiger partial charge in [-0.2, -0.15) is 0 Å². The molecule has 1 saturated carbocycles. The van der Waals surface area contributed by atoms with Crippen LogP contribution in [0.5, 0.6) is 0 Å². The molecule has 2 aliphatic rings. The third kappa shape index (κ3) is 3.34. The van der Waals surface area contributed by atoms with Crippen LogP contribution in [0.4, 0.5) is 5.69 Å². The third-order valence-electron chi connectivity index (χ3n) is 3.88. The van der Waals surface area contributed by atoms with Crippen molar-refractivity contribution in [3.63, 3.8) is 0 Å². The number of aryl methyl sites for hydroxylation is 1. The average molecular weight is 339 g/mol. The Morgan fingerprint density at radius 2 is 2.11 bits per heavy atom. The second-order valence-corrected chi connectivity index (χ2v) is 7.42. The maximum absolute atomic E-state index is 4.91. The van der Waals surface area contributed by atoms with E-state index in [-0.39, 0.29) is 0 Å². The molecule has 0 spiro atoms. The lowest BCUT2D eigenvalue weighted by molar-refractivity contribution is 0.336. The summed E-state index contributed by atoms with van der Waals surface area (Å²) >= 11 is 5.43. The van der Waals surface area contributed by atoms with Gasteiger partial charge in [-0.25, -0.2) is 0 Å². The van der Waals surface area contributed by atoms with E-state index in [1.807, 2.05) is 11.8 Å². The third-order valence-corrected chi connectivity index (χ3v) is 5.41. The molecule has 0 radical (unpaired) electrons. The van der Waals surface area contributed by atoms with Crippen LogP contribution in [0.25, 0.3) is 0 Å². The number of fused-ring (bicyclic) bond motifs is 1. The van der Waals surface area contributed by atoms with E-state index < -0.39 is 0 Å². The number of thioether (sulfide) groups is 1. The van der Waals surface area contributed by atoms with E-state index in [1.54, 1.807) is 0 Å². The Labute approximate surface area is 127 Å². The highest BCUT2D eigenvalue weighted by Crippen LogP contribution is 2.34. The maximum Gasteiger partial charge on any atom is 0.161 e. The summed E-state index contributed by atoms with van der Waals surface area (Å²) in [5.41, 5.74) is 2.39. The van der Waals surface area contributed by atoms with Crippen molar-refractivity contribution >= 4 is 38.5 Å². The Morgan fingerprint density at radius 3 is 2.95 bits per heavy atom. The monoisotopic (exact) mass is 338 g/mol. The fourth-order valence-corrected chi connectivity index (χ4v) is 4.70. The van der Waals surface area contributed by atoms with Gasteiger partial charge in [0.1, 0.15) is 0 Å². The summed E-state index contributed by atoms with van der Waals surface area (Å²) in [6.07, 6.45) is 5.38. The lowest BCUT2D eigenvalue weighted by atomic mass is 9.86. The van der Waals surface area contributed by atoms with Gasteiger partial charge in [-0.15, -0.1) is 0 Å². The molecule has 1 aliphatic heterocycles. The second-order valence-electron chi connectivity index (χ2n) is 5.50. The van der Waals surface area contributed by atoms with Gasteiger partial charge < -0.3 is 5.32 Å². The van der Waals surface area contributed by atoms with Gasteiger partial charge in [0.2, 0.25) is 0 Å². The summed E-state index contributed by atoms with van der Waals surface area (Å²) in [6.45, 7) is 2.11. The summed E-state index contributed by atoms with van der Waals surface area (Å²) in [6, 6.07) is 6.97. The van der Waals surface area contributed by atoms with Gasteiger partial charge >= 0.3 is 0 Å². The number of rotatable bonds is 1. The summed E-state index contributed by atoms with van der Waals surface area (Å²) in [5, 5.41) is 4.58. The quantitative estimate of drug-likeness (QED) is 0.792. The van der Waals surface area contributed by atoms with Crippen LogP contribution < -0.4 is 5.32 Å². The molecule has 2 atom stereocenters. The summed E-state index contributed by atoms with van der Waals surface area (Å²) < 4.78 is 1.12. The van der Waals surface area contributed by atoms with Crippen molar-refractivity contribution in [2.24, 2.45) is 10.9 Å². The van der Waals surface area contributed by atoms with Crippen molar-refractivity contribution in [3.05, 3.63) is 28.2 Å². The smallest absolute Gasteiger partial charge is 0.161 e. The van der Waals surface area contributed by atoms with Crippen molar-refractivity contribution < 1.29 is 0 Å². The first-order chi connectivity index (χ1) is 9.20. The molecule has 19 heavy (non-hydrogen) atoms. The van der Waals surface area contributed by atoms with Crippen molar-refractivity contribution in [2.45, 2.75) is 38.6 Å². The average Bonchev–Trinajstić information content (AvgIpc) is 2.37. The largest absolute Gasteiger partial charge is 0.335 e. The number of benzene rings is 1. The fraction of sp³-hybridized carbons (Fsp3) is 0.533. The van der Waals surface area contributed by atoms with Crippen molar-refractivity contribution in [1.29, 1.82) is 0 Å². The highest BCUT2D eigenvalue weighted by molar-refractivity contribution is 9.10. The molecule has 0 amide bonds. The van der Waals surface area contributed by atoms with Crippen LogP contribution >= 0.6 is 27.7 Å². The molecule has 0 aromatic heterocycles. The van der Waals surface area contributed by atoms with Gasteiger partial charge in [-0.3, -0.25) is 4.99 Å². The molecule has 0 bridgehead atoms. The van der Waals surface area contributed by atoms with E-state index in [0.29, 0.717) is 6.04 Å². The standard InChI is InChI=1S/C15H19BrN2S/c1-10-6-12(16)8-13(7-10)17-15-18-14-5-3-2-4-11(14)9-19-15/h6-8,11,14H,2-5,9H2,1H3,(H,17,18).